The van der Waals surface area contributed by atoms with Crippen LogP contribution in [-0.2, 0) is 9.53 Å². The van der Waals surface area contributed by atoms with E-state index in [0.717, 1.165) is 5.69 Å². The Labute approximate surface area is 151 Å². The van der Waals surface area contributed by atoms with Crippen LogP contribution in [0.5, 0.6) is 0 Å². The van der Waals surface area contributed by atoms with Crippen LogP contribution < -0.4 is 10.6 Å². The summed E-state index contributed by atoms with van der Waals surface area (Å²) in [6, 6.07) is 6.60. The zero-order chi connectivity index (χ0) is 18.4. The molecule has 1 aromatic carbocycles. The van der Waals surface area contributed by atoms with Crippen molar-refractivity contribution in [1.82, 2.24) is 14.9 Å². The molecule has 0 saturated heterocycles. The van der Waals surface area contributed by atoms with E-state index in [1.807, 2.05) is 38.2 Å². The van der Waals surface area contributed by atoms with Gasteiger partial charge in [-0.1, -0.05) is 19.9 Å². The number of H-pyrrole nitrogens is 1. The molecule has 2 amide bonds. The number of nitrogens with one attached hydrogen (secondary N) is 3. The Balaban J connectivity index is 2.14. The molecule has 0 aliphatic carbocycles. The van der Waals surface area contributed by atoms with Crippen LogP contribution in [0.2, 0.25) is 0 Å². The van der Waals surface area contributed by atoms with Crippen molar-refractivity contribution in [2.24, 2.45) is 5.92 Å². The number of carbonyl (C=O) groups excluding carboxylic acids is 2. The summed E-state index contributed by atoms with van der Waals surface area (Å²) in [5.74, 6) is -0.399. The van der Waals surface area contributed by atoms with Gasteiger partial charge in [-0.05, 0) is 43.3 Å². The summed E-state index contributed by atoms with van der Waals surface area (Å²) in [7, 11) is 0. The smallest absolute Gasteiger partial charge is 0.407 e. The highest BCUT2D eigenvalue weighted by Gasteiger charge is 2.24. The standard InChI is InChI=1S/C17H22N4O3S/c1-4-24-17(23)20-14(11(2)3)15(22)19-12-6-5-7-13(10-12)21-9-8-18-16(21)25/h5-11,14H,4H2,1-3H3,(H,18,25)(H,19,22)(H,20,23). The number of anilines is 1. The molecule has 0 aliphatic rings. The largest absolute Gasteiger partial charge is 0.450 e. The first-order chi connectivity index (χ1) is 11.9. The van der Waals surface area contributed by atoms with Crippen molar-refractivity contribution in [2.75, 3.05) is 11.9 Å². The first kappa shape index (κ1) is 18.7. The SMILES string of the molecule is CCOC(=O)NC(C(=O)Nc1cccc(-n2cc[nH]c2=S)c1)C(C)C. The molecule has 7 nitrogen and oxygen atoms in total. The van der Waals surface area contributed by atoms with Crippen molar-refractivity contribution in [1.29, 1.82) is 0 Å². The van der Waals surface area contributed by atoms with Gasteiger partial charge in [0.2, 0.25) is 5.91 Å². The second kappa shape index (κ2) is 8.48. The molecule has 0 bridgehead atoms. The zero-order valence-electron chi connectivity index (χ0n) is 14.4. The average molecular weight is 362 g/mol. The predicted molar refractivity (Wildman–Crippen MR) is 98.4 cm³/mol. The number of benzene rings is 1. The lowest BCUT2D eigenvalue weighted by Gasteiger charge is -2.21. The maximum absolute atomic E-state index is 12.5. The molecule has 134 valence electrons. The predicted octanol–water partition coefficient (Wildman–Crippen LogP) is 3.24. The first-order valence-corrected chi connectivity index (χ1v) is 8.43. The molecule has 2 aromatic rings. The number of carbonyl (C=O) groups is 2. The lowest BCUT2D eigenvalue weighted by molar-refractivity contribution is -0.119. The van der Waals surface area contributed by atoms with Crippen LogP contribution in [0.15, 0.2) is 36.7 Å². The summed E-state index contributed by atoms with van der Waals surface area (Å²) in [5.41, 5.74) is 1.44. The van der Waals surface area contributed by atoms with Crippen LogP contribution >= 0.6 is 12.2 Å². The molecular weight excluding hydrogens is 340 g/mol. The number of hydrogen-bond acceptors (Lipinski definition) is 4. The Morgan fingerprint density at radius 1 is 1.36 bits per heavy atom. The Kier molecular flexibility index (Phi) is 6.35. The number of aromatic amines is 1. The van der Waals surface area contributed by atoms with Gasteiger partial charge in [0.05, 0.1) is 6.61 Å². The highest BCUT2D eigenvalue weighted by molar-refractivity contribution is 7.71. The summed E-state index contributed by atoms with van der Waals surface area (Å²) in [6.07, 6.45) is 2.94. The number of hydrogen-bond donors (Lipinski definition) is 3. The average Bonchev–Trinajstić information content (AvgIpc) is 2.99. The van der Waals surface area contributed by atoms with Crippen LogP contribution in [0.4, 0.5) is 10.5 Å². The number of nitrogens with zero attached hydrogens (tertiary/aromatic N) is 1. The lowest BCUT2D eigenvalue weighted by Crippen LogP contribution is -2.47. The third kappa shape index (κ3) is 4.93. The third-order valence-electron chi connectivity index (χ3n) is 3.54. The van der Waals surface area contributed by atoms with Crippen molar-refractivity contribution in [3.63, 3.8) is 0 Å². The van der Waals surface area contributed by atoms with E-state index in [-0.39, 0.29) is 18.4 Å². The molecule has 1 aromatic heterocycles. The number of rotatable bonds is 6. The highest BCUT2D eigenvalue weighted by Crippen LogP contribution is 2.16. The van der Waals surface area contributed by atoms with E-state index < -0.39 is 12.1 Å². The Morgan fingerprint density at radius 2 is 2.12 bits per heavy atom. The van der Waals surface area contributed by atoms with Gasteiger partial charge in [0, 0.05) is 23.8 Å². The van der Waals surface area contributed by atoms with Crippen molar-refractivity contribution in [3.05, 3.63) is 41.4 Å². The first-order valence-electron chi connectivity index (χ1n) is 8.03. The number of amides is 2. The fourth-order valence-corrected chi connectivity index (χ4v) is 2.55. The van der Waals surface area contributed by atoms with Gasteiger partial charge in [-0.15, -0.1) is 0 Å². The Bertz CT molecular complexity index is 797. The van der Waals surface area contributed by atoms with E-state index in [1.54, 1.807) is 23.8 Å². The summed E-state index contributed by atoms with van der Waals surface area (Å²) >= 11 is 5.21. The van der Waals surface area contributed by atoms with Gasteiger partial charge in [0.15, 0.2) is 4.77 Å². The topological polar surface area (TPSA) is 88.1 Å². The van der Waals surface area contributed by atoms with Crippen LogP contribution in [0.1, 0.15) is 20.8 Å². The van der Waals surface area contributed by atoms with Gasteiger partial charge in [-0.2, -0.15) is 0 Å². The van der Waals surface area contributed by atoms with Crippen molar-refractivity contribution in [3.8, 4) is 5.69 Å². The summed E-state index contributed by atoms with van der Waals surface area (Å²) < 4.78 is 7.21. The van der Waals surface area contributed by atoms with Crippen LogP contribution in [-0.4, -0.2) is 34.2 Å². The summed E-state index contributed by atoms with van der Waals surface area (Å²) in [5, 5.41) is 5.41. The number of ether oxygens (including phenoxy) is 1. The molecule has 0 saturated carbocycles. The maximum Gasteiger partial charge on any atom is 0.407 e. The molecule has 0 fully saturated rings. The van der Waals surface area contributed by atoms with E-state index in [4.69, 9.17) is 17.0 Å². The second-order valence-corrected chi connectivity index (χ2v) is 6.15. The van der Waals surface area contributed by atoms with Gasteiger partial charge in [-0.3, -0.25) is 9.36 Å². The highest BCUT2D eigenvalue weighted by atomic mass is 32.1. The fraction of sp³-hybridized carbons (Fsp3) is 0.353. The van der Waals surface area contributed by atoms with Crippen LogP contribution in [0, 0.1) is 10.7 Å². The minimum atomic E-state index is -0.697. The minimum Gasteiger partial charge on any atom is -0.450 e. The second-order valence-electron chi connectivity index (χ2n) is 5.76. The van der Waals surface area contributed by atoms with Crippen LogP contribution in [0.3, 0.4) is 0 Å². The Hall–Kier alpha value is -2.61. The van der Waals surface area contributed by atoms with Crippen molar-refractivity contribution < 1.29 is 14.3 Å². The van der Waals surface area contributed by atoms with E-state index in [9.17, 15) is 9.59 Å². The van der Waals surface area contributed by atoms with E-state index in [0.29, 0.717) is 10.5 Å². The van der Waals surface area contributed by atoms with Gasteiger partial charge in [0.25, 0.3) is 0 Å². The van der Waals surface area contributed by atoms with Gasteiger partial charge in [0.1, 0.15) is 6.04 Å². The summed E-state index contributed by atoms with van der Waals surface area (Å²) in [4.78, 5) is 27.1. The molecule has 25 heavy (non-hydrogen) atoms. The number of imidazole rings is 1. The fourth-order valence-electron chi connectivity index (χ4n) is 2.31. The van der Waals surface area contributed by atoms with Gasteiger partial charge < -0.3 is 20.4 Å². The number of aromatic nitrogens is 2. The van der Waals surface area contributed by atoms with Crippen LogP contribution in [0.25, 0.3) is 5.69 Å². The van der Waals surface area contributed by atoms with Crippen molar-refractivity contribution >= 4 is 29.9 Å². The van der Waals surface area contributed by atoms with Gasteiger partial charge >= 0.3 is 6.09 Å². The number of alkyl carbamates (subject to hydrolysis) is 1. The zero-order valence-corrected chi connectivity index (χ0v) is 15.2. The molecule has 8 heteroatoms. The van der Waals surface area contributed by atoms with E-state index >= 15 is 0 Å². The van der Waals surface area contributed by atoms with E-state index in [1.165, 1.54) is 0 Å². The summed E-state index contributed by atoms with van der Waals surface area (Å²) in [6.45, 7) is 5.66. The maximum atomic E-state index is 12.5. The van der Waals surface area contributed by atoms with Gasteiger partial charge in [-0.25, -0.2) is 4.79 Å². The molecule has 3 N–H and O–H groups in total. The molecule has 1 atom stereocenters. The molecule has 2 rings (SSSR count). The van der Waals surface area contributed by atoms with Crippen molar-refractivity contribution in [2.45, 2.75) is 26.8 Å². The normalized spacial score (nSPS) is 11.8. The molecule has 0 radical (unpaired) electrons. The molecule has 0 spiro atoms. The molecule has 1 unspecified atom stereocenters. The minimum absolute atomic E-state index is 0.0918. The Morgan fingerprint density at radius 3 is 2.72 bits per heavy atom. The monoisotopic (exact) mass is 362 g/mol. The third-order valence-corrected chi connectivity index (χ3v) is 3.85. The molecule has 1 heterocycles. The molecular formula is C17H22N4O3S. The molecule has 0 aliphatic heterocycles. The van der Waals surface area contributed by atoms with E-state index in [2.05, 4.69) is 15.6 Å². The quantitative estimate of drug-likeness (QED) is 0.688. The lowest BCUT2D eigenvalue weighted by atomic mass is 10.0.